The molecular formula is C16H16ClNO2. The van der Waals surface area contributed by atoms with Crippen molar-refractivity contribution < 1.29 is 10.3 Å². The SMILES string of the molecule is CCCc1ccc(O)c(C(=NO)c2ccc(Cl)cc2)c1. The number of hydrogen-bond donors (Lipinski definition) is 2. The summed E-state index contributed by atoms with van der Waals surface area (Å²) in [5, 5.41) is 23.2. The summed E-state index contributed by atoms with van der Waals surface area (Å²) in [6, 6.07) is 12.3. The monoisotopic (exact) mass is 289 g/mol. The van der Waals surface area contributed by atoms with E-state index in [9.17, 15) is 10.3 Å². The first-order chi connectivity index (χ1) is 9.65. The molecule has 2 aromatic carbocycles. The summed E-state index contributed by atoms with van der Waals surface area (Å²) in [7, 11) is 0. The molecule has 0 amide bonds. The maximum Gasteiger partial charge on any atom is 0.125 e. The van der Waals surface area contributed by atoms with E-state index in [-0.39, 0.29) is 5.75 Å². The molecule has 0 fully saturated rings. The minimum absolute atomic E-state index is 0.0904. The van der Waals surface area contributed by atoms with Crippen LogP contribution in [0.25, 0.3) is 0 Å². The lowest BCUT2D eigenvalue weighted by molar-refractivity contribution is 0.319. The van der Waals surface area contributed by atoms with E-state index in [1.165, 1.54) is 0 Å². The van der Waals surface area contributed by atoms with Gasteiger partial charge < -0.3 is 10.3 Å². The fourth-order valence-electron chi connectivity index (χ4n) is 2.09. The average Bonchev–Trinajstić information content (AvgIpc) is 2.45. The highest BCUT2D eigenvalue weighted by Crippen LogP contribution is 2.24. The molecule has 2 rings (SSSR count). The molecule has 0 saturated carbocycles. The number of benzene rings is 2. The van der Waals surface area contributed by atoms with Gasteiger partial charge in [0.05, 0.1) is 0 Å². The number of aromatic hydroxyl groups is 1. The fraction of sp³-hybridized carbons (Fsp3) is 0.188. The zero-order valence-electron chi connectivity index (χ0n) is 11.2. The second-order valence-electron chi connectivity index (χ2n) is 4.56. The van der Waals surface area contributed by atoms with Gasteiger partial charge in [0.2, 0.25) is 0 Å². The van der Waals surface area contributed by atoms with Crippen molar-refractivity contribution in [2.45, 2.75) is 19.8 Å². The molecule has 0 heterocycles. The highest BCUT2D eigenvalue weighted by atomic mass is 35.5. The van der Waals surface area contributed by atoms with Crippen LogP contribution in [0.15, 0.2) is 47.6 Å². The Morgan fingerprint density at radius 1 is 1.15 bits per heavy atom. The lowest BCUT2D eigenvalue weighted by Gasteiger charge is -2.09. The minimum Gasteiger partial charge on any atom is -0.507 e. The Morgan fingerprint density at radius 3 is 2.45 bits per heavy atom. The lowest BCUT2D eigenvalue weighted by atomic mass is 9.98. The van der Waals surface area contributed by atoms with Crippen molar-refractivity contribution in [3.63, 3.8) is 0 Å². The molecule has 3 nitrogen and oxygen atoms in total. The average molecular weight is 290 g/mol. The second-order valence-corrected chi connectivity index (χ2v) is 4.99. The van der Waals surface area contributed by atoms with Gasteiger partial charge in [0.15, 0.2) is 0 Å². The molecule has 0 unspecified atom stereocenters. The number of phenolic OH excluding ortho intramolecular Hbond substituents is 1. The molecule has 0 bridgehead atoms. The topological polar surface area (TPSA) is 52.8 Å². The van der Waals surface area contributed by atoms with Crippen LogP contribution in [0, 0.1) is 0 Å². The van der Waals surface area contributed by atoms with Gasteiger partial charge in [-0.3, -0.25) is 0 Å². The zero-order chi connectivity index (χ0) is 14.5. The number of phenols is 1. The quantitative estimate of drug-likeness (QED) is 0.503. The van der Waals surface area contributed by atoms with Crippen LogP contribution < -0.4 is 0 Å². The number of halogens is 1. The molecule has 0 aromatic heterocycles. The molecule has 104 valence electrons. The molecule has 0 spiro atoms. The van der Waals surface area contributed by atoms with Crippen molar-refractivity contribution in [1.82, 2.24) is 0 Å². The van der Waals surface area contributed by atoms with Crippen molar-refractivity contribution in [3.05, 3.63) is 64.2 Å². The normalized spacial score (nSPS) is 11.6. The molecule has 0 atom stereocenters. The summed E-state index contributed by atoms with van der Waals surface area (Å²) in [6.45, 7) is 2.09. The number of oxime groups is 1. The van der Waals surface area contributed by atoms with E-state index in [1.807, 2.05) is 12.1 Å². The first kappa shape index (κ1) is 14.4. The van der Waals surface area contributed by atoms with Gasteiger partial charge >= 0.3 is 0 Å². The summed E-state index contributed by atoms with van der Waals surface area (Å²) in [4.78, 5) is 0. The number of aryl methyl sites for hydroxylation is 1. The largest absolute Gasteiger partial charge is 0.507 e. The maximum atomic E-state index is 10.0. The van der Waals surface area contributed by atoms with Crippen LogP contribution >= 0.6 is 11.6 Å². The Labute approximate surface area is 123 Å². The van der Waals surface area contributed by atoms with E-state index in [1.54, 1.807) is 30.3 Å². The van der Waals surface area contributed by atoms with Crippen LogP contribution in [-0.4, -0.2) is 16.0 Å². The van der Waals surface area contributed by atoms with Gasteiger partial charge in [-0.1, -0.05) is 48.3 Å². The third-order valence-corrected chi connectivity index (χ3v) is 3.32. The van der Waals surface area contributed by atoms with Crippen molar-refractivity contribution in [1.29, 1.82) is 0 Å². The number of nitrogens with zero attached hydrogens (tertiary/aromatic N) is 1. The van der Waals surface area contributed by atoms with Crippen LogP contribution in [0.3, 0.4) is 0 Å². The van der Waals surface area contributed by atoms with Crippen LogP contribution in [0.5, 0.6) is 5.75 Å². The van der Waals surface area contributed by atoms with Gasteiger partial charge in [-0.2, -0.15) is 0 Å². The molecular weight excluding hydrogens is 274 g/mol. The first-order valence-electron chi connectivity index (χ1n) is 6.46. The smallest absolute Gasteiger partial charge is 0.125 e. The molecule has 2 aromatic rings. The van der Waals surface area contributed by atoms with Gasteiger partial charge in [0.25, 0.3) is 0 Å². The second kappa shape index (κ2) is 6.44. The zero-order valence-corrected chi connectivity index (χ0v) is 11.9. The Balaban J connectivity index is 2.46. The Bertz CT molecular complexity index is 621. The number of rotatable bonds is 4. The van der Waals surface area contributed by atoms with Crippen LogP contribution in [0.4, 0.5) is 0 Å². The van der Waals surface area contributed by atoms with Gasteiger partial charge in [-0.25, -0.2) is 0 Å². The van der Waals surface area contributed by atoms with Crippen LogP contribution in [0.2, 0.25) is 5.02 Å². The van der Waals surface area contributed by atoms with Gasteiger partial charge in [-0.05, 0) is 36.2 Å². The van der Waals surface area contributed by atoms with Crippen molar-refractivity contribution in [2.24, 2.45) is 5.16 Å². The fourth-order valence-corrected chi connectivity index (χ4v) is 2.22. The van der Waals surface area contributed by atoms with Crippen molar-refractivity contribution in [3.8, 4) is 5.75 Å². The van der Waals surface area contributed by atoms with E-state index >= 15 is 0 Å². The summed E-state index contributed by atoms with van der Waals surface area (Å²) in [5.74, 6) is 0.0904. The Hall–Kier alpha value is -2.00. The molecule has 0 aliphatic heterocycles. The molecule has 0 aliphatic carbocycles. The standard InChI is InChI=1S/C16H16ClNO2/c1-2-3-11-4-9-15(19)14(10-11)16(18-20)12-5-7-13(17)8-6-12/h4-10,19-20H,2-3H2,1H3. The first-order valence-corrected chi connectivity index (χ1v) is 6.83. The Morgan fingerprint density at radius 2 is 1.85 bits per heavy atom. The van der Waals surface area contributed by atoms with Gasteiger partial charge in [-0.15, -0.1) is 0 Å². The minimum atomic E-state index is 0.0904. The molecule has 0 radical (unpaired) electrons. The predicted molar refractivity (Wildman–Crippen MR) is 81.0 cm³/mol. The highest BCUT2D eigenvalue weighted by molar-refractivity contribution is 6.30. The highest BCUT2D eigenvalue weighted by Gasteiger charge is 2.13. The third kappa shape index (κ3) is 3.11. The van der Waals surface area contributed by atoms with Crippen LogP contribution in [-0.2, 0) is 6.42 Å². The maximum absolute atomic E-state index is 10.0. The molecule has 0 aliphatic rings. The third-order valence-electron chi connectivity index (χ3n) is 3.07. The van der Waals surface area contributed by atoms with E-state index in [0.717, 1.165) is 18.4 Å². The van der Waals surface area contributed by atoms with E-state index in [0.29, 0.717) is 21.9 Å². The van der Waals surface area contributed by atoms with E-state index < -0.39 is 0 Å². The van der Waals surface area contributed by atoms with E-state index in [2.05, 4.69) is 12.1 Å². The lowest BCUT2D eigenvalue weighted by Crippen LogP contribution is -2.04. The predicted octanol–water partition coefficient (Wildman–Crippen LogP) is 4.22. The van der Waals surface area contributed by atoms with Gasteiger partial charge in [0.1, 0.15) is 11.5 Å². The van der Waals surface area contributed by atoms with E-state index in [4.69, 9.17) is 11.6 Å². The summed E-state index contributed by atoms with van der Waals surface area (Å²) < 4.78 is 0. The van der Waals surface area contributed by atoms with Crippen molar-refractivity contribution in [2.75, 3.05) is 0 Å². The van der Waals surface area contributed by atoms with Gasteiger partial charge in [0, 0.05) is 16.1 Å². The molecule has 20 heavy (non-hydrogen) atoms. The summed E-state index contributed by atoms with van der Waals surface area (Å²) in [5.41, 5.74) is 2.63. The number of hydrogen-bond acceptors (Lipinski definition) is 3. The molecule has 0 saturated heterocycles. The molecule has 4 heteroatoms. The van der Waals surface area contributed by atoms with Crippen LogP contribution in [0.1, 0.15) is 30.0 Å². The molecule has 2 N–H and O–H groups in total. The Kier molecular flexibility index (Phi) is 4.64. The summed E-state index contributed by atoms with van der Waals surface area (Å²) in [6.07, 6.45) is 1.92. The summed E-state index contributed by atoms with van der Waals surface area (Å²) >= 11 is 5.85. The van der Waals surface area contributed by atoms with Crippen molar-refractivity contribution >= 4 is 17.3 Å².